The van der Waals surface area contributed by atoms with Crippen molar-refractivity contribution in [2.45, 2.75) is 25.8 Å². The third-order valence-electron chi connectivity index (χ3n) is 1.95. The highest BCUT2D eigenvalue weighted by Gasteiger charge is 2.09. The van der Waals surface area contributed by atoms with Gasteiger partial charge in [-0.3, -0.25) is 4.79 Å². The number of halogens is 2. The van der Waals surface area contributed by atoms with E-state index < -0.39 is 0 Å². The molecule has 0 saturated carbocycles. The smallest absolute Gasteiger partial charge is 0.138 e. The van der Waals surface area contributed by atoms with Crippen molar-refractivity contribution in [3.63, 3.8) is 0 Å². The van der Waals surface area contributed by atoms with Crippen LogP contribution in [0.2, 0.25) is 0 Å². The molecule has 1 rings (SSSR count). The molecular weight excluding hydrogens is 261 g/mol. The number of carbonyl (C=O) groups excluding carboxylic acids is 1. The molecule has 0 saturated heterocycles. The van der Waals surface area contributed by atoms with E-state index in [1.165, 1.54) is 12.1 Å². The standard InChI is InChI=1S/C11H13BrFNO/c1-7(14)4-10(15)6-8-5-9(13)2-3-11(8)12/h2-3,5,7H,4,6,14H2,1H3. The topological polar surface area (TPSA) is 43.1 Å². The normalized spacial score (nSPS) is 12.5. The molecule has 0 bridgehead atoms. The molecule has 0 fully saturated rings. The van der Waals surface area contributed by atoms with E-state index in [0.717, 1.165) is 4.47 Å². The lowest BCUT2D eigenvalue weighted by Gasteiger charge is -2.06. The molecule has 2 N–H and O–H groups in total. The maximum absolute atomic E-state index is 12.9. The molecule has 0 aliphatic carbocycles. The molecule has 0 spiro atoms. The summed E-state index contributed by atoms with van der Waals surface area (Å²) in [5, 5.41) is 0. The van der Waals surface area contributed by atoms with E-state index in [1.807, 2.05) is 0 Å². The minimum absolute atomic E-state index is 0.0244. The highest BCUT2D eigenvalue weighted by atomic mass is 79.9. The van der Waals surface area contributed by atoms with Crippen LogP contribution in [0.25, 0.3) is 0 Å². The highest BCUT2D eigenvalue weighted by Crippen LogP contribution is 2.19. The second-order valence-electron chi connectivity index (χ2n) is 3.63. The molecule has 1 atom stereocenters. The molecule has 0 heterocycles. The van der Waals surface area contributed by atoms with Gasteiger partial charge in [0.25, 0.3) is 0 Å². The summed E-state index contributed by atoms with van der Waals surface area (Å²) in [5.74, 6) is -0.307. The Hall–Kier alpha value is -0.740. The summed E-state index contributed by atoms with van der Waals surface area (Å²) in [6, 6.07) is 4.17. The Morgan fingerprint density at radius 2 is 2.27 bits per heavy atom. The fourth-order valence-electron chi connectivity index (χ4n) is 1.32. The first kappa shape index (κ1) is 12.3. The van der Waals surface area contributed by atoms with Crippen molar-refractivity contribution in [1.82, 2.24) is 0 Å². The van der Waals surface area contributed by atoms with Gasteiger partial charge in [-0.1, -0.05) is 15.9 Å². The Morgan fingerprint density at radius 3 is 2.87 bits per heavy atom. The van der Waals surface area contributed by atoms with Gasteiger partial charge in [0.2, 0.25) is 0 Å². The van der Waals surface area contributed by atoms with Crippen molar-refractivity contribution in [3.8, 4) is 0 Å². The molecule has 2 nitrogen and oxygen atoms in total. The zero-order valence-corrected chi connectivity index (χ0v) is 10.1. The van der Waals surface area contributed by atoms with E-state index in [4.69, 9.17) is 5.73 Å². The second-order valence-corrected chi connectivity index (χ2v) is 4.49. The fourth-order valence-corrected chi connectivity index (χ4v) is 1.71. The van der Waals surface area contributed by atoms with Crippen LogP contribution in [0, 0.1) is 5.82 Å². The van der Waals surface area contributed by atoms with E-state index in [2.05, 4.69) is 15.9 Å². The van der Waals surface area contributed by atoms with Gasteiger partial charge in [-0.15, -0.1) is 0 Å². The minimum atomic E-state index is -0.332. The first-order chi connectivity index (χ1) is 6.99. The van der Waals surface area contributed by atoms with E-state index in [1.54, 1.807) is 13.0 Å². The van der Waals surface area contributed by atoms with Gasteiger partial charge in [-0.25, -0.2) is 4.39 Å². The number of nitrogens with two attached hydrogens (primary N) is 1. The first-order valence-corrected chi connectivity index (χ1v) is 5.49. The van der Waals surface area contributed by atoms with E-state index in [-0.39, 0.29) is 24.1 Å². The van der Waals surface area contributed by atoms with Gasteiger partial charge < -0.3 is 5.73 Å². The molecule has 1 aromatic carbocycles. The minimum Gasteiger partial charge on any atom is -0.328 e. The molecule has 1 unspecified atom stereocenters. The van der Waals surface area contributed by atoms with Crippen molar-refractivity contribution in [3.05, 3.63) is 34.1 Å². The molecule has 0 aliphatic heterocycles. The third kappa shape index (κ3) is 4.10. The largest absolute Gasteiger partial charge is 0.328 e. The summed E-state index contributed by atoms with van der Waals surface area (Å²) >= 11 is 3.28. The molecule has 15 heavy (non-hydrogen) atoms. The lowest BCUT2D eigenvalue weighted by molar-refractivity contribution is -0.118. The average Bonchev–Trinajstić information content (AvgIpc) is 2.10. The highest BCUT2D eigenvalue weighted by molar-refractivity contribution is 9.10. The maximum atomic E-state index is 12.9. The summed E-state index contributed by atoms with van der Waals surface area (Å²) in [4.78, 5) is 11.5. The van der Waals surface area contributed by atoms with Crippen LogP contribution in [0.15, 0.2) is 22.7 Å². The Balaban J connectivity index is 2.71. The summed E-state index contributed by atoms with van der Waals surface area (Å²) in [6.07, 6.45) is 0.544. The van der Waals surface area contributed by atoms with Crippen LogP contribution in [0.4, 0.5) is 4.39 Å². The van der Waals surface area contributed by atoms with Gasteiger partial charge >= 0.3 is 0 Å². The first-order valence-electron chi connectivity index (χ1n) is 4.70. The summed E-state index contributed by atoms with van der Waals surface area (Å²) in [5.41, 5.74) is 6.18. The van der Waals surface area contributed by atoms with Crippen molar-refractivity contribution in [2.24, 2.45) is 5.73 Å². The molecule has 0 amide bonds. The number of rotatable bonds is 4. The number of ketones is 1. The Bertz CT molecular complexity index is 366. The predicted molar refractivity (Wildman–Crippen MR) is 61.1 cm³/mol. The van der Waals surface area contributed by atoms with Gasteiger partial charge in [0.15, 0.2) is 0 Å². The number of carbonyl (C=O) groups is 1. The Kier molecular flexibility index (Phi) is 4.42. The van der Waals surface area contributed by atoms with Crippen LogP contribution in [-0.2, 0) is 11.2 Å². The van der Waals surface area contributed by atoms with Gasteiger partial charge in [-0.2, -0.15) is 0 Å². The van der Waals surface area contributed by atoms with Crippen molar-refractivity contribution < 1.29 is 9.18 Å². The van der Waals surface area contributed by atoms with Gasteiger partial charge in [-0.05, 0) is 30.7 Å². The van der Waals surface area contributed by atoms with Crippen LogP contribution in [0.1, 0.15) is 18.9 Å². The predicted octanol–water partition coefficient (Wildman–Crippen LogP) is 2.44. The number of Topliss-reactive ketones (excluding diaryl/α,β-unsaturated/α-hetero) is 1. The zero-order valence-electron chi connectivity index (χ0n) is 8.47. The van der Waals surface area contributed by atoms with Crippen molar-refractivity contribution in [1.29, 1.82) is 0 Å². The summed E-state index contributed by atoms with van der Waals surface area (Å²) < 4.78 is 13.7. The van der Waals surface area contributed by atoms with E-state index >= 15 is 0 Å². The van der Waals surface area contributed by atoms with E-state index in [0.29, 0.717) is 12.0 Å². The third-order valence-corrected chi connectivity index (χ3v) is 2.72. The van der Waals surface area contributed by atoms with Crippen LogP contribution >= 0.6 is 15.9 Å². The number of hydrogen-bond donors (Lipinski definition) is 1. The zero-order chi connectivity index (χ0) is 11.4. The lowest BCUT2D eigenvalue weighted by Crippen LogP contribution is -2.20. The van der Waals surface area contributed by atoms with Crippen molar-refractivity contribution >= 4 is 21.7 Å². The van der Waals surface area contributed by atoms with Gasteiger partial charge in [0, 0.05) is 23.4 Å². The van der Waals surface area contributed by atoms with Crippen molar-refractivity contribution in [2.75, 3.05) is 0 Å². The van der Waals surface area contributed by atoms with E-state index in [9.17, 15) is 9.18 Å². The van der Waals surface area contributed by atoms with Gasteiger partial charge in [0.05, 0.1) is 0 Å². The Labute approximate surface area is 96.8 Å². The average molecular weight is 274 g/mol. The fraction of sp³-hybridized carbons (Fsp3) is 0.364. The molecule has 0 aromatic heterocycles. The Morgan fingerprint density at radius 1 is 1.60 bits per heavy atom. The summed E-state index contributed by atoms with van der Waals surface area (Å²) in [6.45, 7) is 1.78. The van der Waals surface area contributed by atoms with Gasteiger partial charge in [0.1, 0.15) is 11.6 Å². The molecular formula is C11H13BrFNO. The van der Waals surface area contributed by atoms with Crippen LogP contribution in [0.3, 0.4) is 0 Å². The van der Waals surface area contributed by atoms with Crippen LogP contribution in [0.5, 0.6) is 0 Å². The SMILES string of the molecule is CC(N)CC(=O)Cc1cc(F)ccc1Br. The molecule has 4 heteroatoms. The molecule has 0 radical (unpaired) electrons. The van der Waals surface area contributed by atoms with Crippen LogP contribution < -0.4 is 5.73 Å². The molecule has 82 valence electrons. The van der Waals surface area contributed by atoms with Crippen LogP contribution in [-0.4, -0.2) is 11.8 Å². The number of hydrogen-bond acceptors (Lipinski definition) is 2. The monoisotopic (exact) mass is 273 g/mol. The summed E-state index contributed by atoms with van der Waals surface area (Å²) in [7, 11) is 0. The lowest BCUT2D eigenvalue weighted by atomic mass is 10.0. The molecule has 1 aromatic rings. The molecule has 0 aliphatic rings. The quantitative estimate of drug-likeness (QED) is 0.916. The maximum Gasteiger partial charge on any atom is 0.138 e. The second kappa shape index (κ2) is 5.37. The number of benzene rings is 1.